The second-order valence-corrected chi connectivity index (χ2v) is 6.83. The smallest absolute Gasteiger partial charge is 0.261 e. The number of rotatable bonds is 3. The van der Waals surface area contributed by atoms with Crippen molar-refractivity contribution in [2.24, 2.45) is 0 Å². The third-order valence-electron chi connectivity index (χ3n) is 5.23. The summed E-state index contributed by atoms with van der Waals surface area (Å²) in [5.74, 6) is -0.188. The van der Waals surface area contributed by atoms with E-state index in [-0.39, 0.29) is 5.91 Å². The van der Waals surface area contributed by atoms with Crippen molar-refractivity contribution < 1.29 is 4.79 Å². The summed E-state index contributed by atoms with van der Waals surface area (Å²) >= 11 is 0. The normalized spacial score (nSPS) is 14.6. The summed E-state index contributed by atoms with van der Waals surface area (Å²) in [5, 5.41) is 7.21. The summed E-state index contributed by atoms with van der Waals surface area (Å²) in [6.07, 6.45) is 8.81. The van der Waals surface area contributed by atoms with E-state index in [0.29, 0.717) is 11.2 Å². The number of carbonyl (C=O) groups excluding carboxylic acids is 1. The first kappa shape index (κ1) is 16.6. The lowest BCUT2D eigenvalue weighted by Gasteiger charge is -2.31. The van der Waals surface area contributed by atoms with E-state index in [4.69, 9.17) is 0 Å². The van der Waals surface area contributed by atoms with Crippen LogP contribution in [-0.2, 0) is 0 Å². The zero-order chi connectivity index (χ0) is 18.1. The minimum absolute atomic E-state index is 0.188. The molecule has 0 radical (unpaired) electrons. The van der Waals surface area contributed by atoms with Crippen molar-refractivity contribution >= 4 is 22.9 Å². The van der Waals surface area contributed by atoms with Crippen LogP contribution >= 0.6 is 0 Å². The molecule has 6 nitrogen and oxygen atoms in total. The Morgan fingerprint density at radius 3 is 2.73 bits per heavy atom. The van der Waals surface area contributed by atoms with Gasteiger partial charge in [-0.05, 0) is 62.4 Å². The fourth-order valence-electron chi connectivity index (χ4n) is 3.60. The van der Waals surface area contributed by atoms with E-state index >= 15 is 0 Å². The first-order valence-corrected chi connectivity index (χ1v) is 9.10. The number of benzene rings is 1. The third kappa shape index (κ3) is 2.92. The number of hydrogen-bond acceptors (Lipinski definition) is 4. The molecule has 0 atom stereocenters. The number of amides is 1. The quantitative estimate of drug-likeness (QED) is 0.785. The second kappa shape index (κ2) is 6.78. The molecule has 1 aliphatic rings. The predicted octanol–water partition coefficient (Wildman–Crippen LogP) is 3.59. The molecule has 26 heavy (non-hydrogen) atoms. The van der Waals surface area contributed by atoms with E-state index in [2.05, 4.69) is 40.2 Å². The molecular formula is C20H23N5O. The van der Waals surface area contributed by atoms with Crippen LogP contribution in [0.15, 0.2) is 36.8 Å². The van der Waals surface area contributed by atoms with Crippen LogP contribution in [0.1, 0.15) is 40.7 Å². The zero-order valence-corrected chi connectivity index (χ0v) is 15.2. The molecule has 0 bridgehead atoms. The second-order valence-electron chi connectivity index (χ2n) is 6.83. The largest absolute Gasteiger partial charge is 0.371 e. The van der Waals surface area contributed by atoms with Gasteiger partial charge in [0, 0.05) is 36.9 Å². The van der Waals surface area contributed by atoms with E-state index in [0.717, 1.165) is 24.3 Å². The van der Waals surface area contributed by atoms with Crippen LogP contribution in [0.5, 0.6) is 0 Å². The van der Waals surface area contributed by atoms with Crippen molar-refractivity contribution in [1.82, 2.24) is 14.6 Å². The van der Waals surface area contributed by atoms with Gasteiger partial charge in [-0.2, -0.15) is 5.10 Å². The molecule has 1 amide bonds. The average molecular weight is 349 g/mol. The maximum Gasteiger partial charge on any atom is 0.261 e. The summed E-state index contributed by atoms with van der Waals surface area (Å²) in [7, 11) is 0. The molecule has 134 valence electrons. The SMILES string of the molecule is Cc1c(NC(=O)c2cnn3cccnc23)ccc(N2CCCCC2)c1C. The highest BCUT2D eigenvalue weighted by molar-refractivity contribution is 6.08. The molecular weight excluding hydrogens is 326 g/mol. The van der Waals surface area contributed by atoms with Gasteiger partial charge in [-0.25, -0.2) is 9.50 Å². The molecule has 1 N–H and O–H groups in total. The molecule has 0 spiro atoms. The van der Waals surface area contributed by atoms with E-state index < -0.39 is 0 Å². The fraction of sp³-hybridized carbons (Fsp3) is 0.350. The maximum atomic E-state index is 12.7. The molecule has 0 saturated carbocycles. The summed E-state index contributed by atoms with van der Waals surface area (Å²) in [5.41, 5.74) is 5.47. The van der Waals surface area contributed by atoms with E-state index in [1.807, 2.05) is 6.07 Å². The van der Waals surface area contributed by atoms with Crippen LogP contribution in [0.25, 0.3) is 5.65 Å². The Balaban J connectivity index is 1.60. The predicted molar refractivity (Wildman–Crippen MR) is 103 cm³/mol. The Morgan fingerprint density at radius 1 is 1.12 bits per heavy atom. The number of piperidine rings is 1. The number of nitrogens with zero attached hydrogens (tertiary/aromatic N) is 4. The first-order chi connectivity index (χ1) is 12.6. The Bertz CT molecular complexity index is 956. The van der Waals surface area contributed by atoms with E-state index in [1.165, 1.54) is 30.5 Å². The number of nitrogens with one attached hydrogen (secondary N) is 1. The Hall–Kier alpha value is -2.89. The molecule has 2 aromatic heterocycles. The van der Waals surface area contributed by atoms with Crippen LogP contribution in [-0.4, -0.2) is 33.6 Å². The molecule has 1 aromatic carbocycles. The monoisotopic (exact) mass is 349 g/mol. The topological polar surface area (TPSA) is 62.5 Å². The van der Waals surface area contributed by atoms with Crippen LogP contribution < -0.4 is 10.2 Å². The molecule has 6 heteroatoms. The van der Waals surface area contributed by atoms with Crippen molar-refractivity contribution in [1.29, 1.82) is 0 Å². The number of carbonyl (C=O) groups is 1. The fourth-order valence-corrected chi connectivity index (χ4v) is 3.60. The van der Waals surface area contributed by atoms with Crippen LogP contribution in [0, 0.1) is 13.8 Å². The van der Waals surface area contributed by atoms with Crippen molar-refractivity contribution in [3.8, 4) is 0 Å². The molecule has 1 saturated heterocycles. The highest BCUT2D eigenvalue weighted by atomic mass is 16.1. The van der Waals surface area contributed by atoms with Gasteiger partial charge in [0.15, 0.2) is 5.65 Å². The van der Waals surface area contributed by atoms with Crippen molar-refractivity contribution in [2.75, 3.05) is 23.3 Å². The van der Waals surface area contributed by atoms with Gasteiger partial charge in [0.05, 0.1) is 6.20 Å². The van der Waals surface area contributed by atoms with Gasteiger partial charge in [0.2, 0.25) is 0 Å². The first-order valence-electron chi connectivity index (χ1n) is 9.10. The molecule has 3 aromatic rings. The minimum Gasteiger partial charge on any atom is -0.371 e. The number of anilines is 2. The van der Waals surface area contributed by atoms with Gasteiger partial charge >= 0.3 is 0 Å². The van der Waals surface area contributed by atoms with Crippen LogP contribution in [0.3, 0.4) is 0 Å². The van der Waals surface area contributed by atoms with Gasteiger partial charge in [0.25, 0.3) is 5.91 Å². The molecule has 1 fully saturated rings. The summed E-state index contributed by atoms with van der Waals surface area (Å²) in [4.78, 5) is 19.4. The summed E-state index contributed by atoms with van der Waals surface area (Å²) < 4.78 is 1.60. The molecule has 0 unspecified atom stereocenters. The highest BCUT2D eigenvalue weighted by Crippen LogP contribution is 2.30. The number of aromatic nitrogens is 3. The lowest BCUT2D eigenvalue weighted by Crippen LogP contribution is -2.30. The minimum atomic E-state index is -0.188. The van der Waals surface area contributed by atoms with E-state index in [1.54, 1.807) is 29.2 Å². The van der Waals surface area contributed by atoms with Gasteiger partial charge < -0.3 is 10.2 Å². The van der Waals surface area contributed by atoms with Gasteiger partial charge in [-0.1, -0.05) is 0 Å². The third-order valence-corrected chi connectivity index (χ3v) is 5.23. The van der Waals surface area contributed by atoms with Crippen molar-refractivity contribution in [3.05, 3.63) is 53.5 Å². The lowest BCUT2D eigenvalue weighted by atomic mass is 10.0. The van der Waals surface area contributed by atoms with Crippen LogP contribution in [0.2, 0.25) is 0 Å². The van der Waals surface area contributed by atoms with Gasteiger partial charge in [-0.3, -0.25) is 4.79 Å². The molecule has 1 aliphatic heterocycles. The Kier molecular flexibility index (Phi) is 4.32. The van der Waals surface area contributed by atoms with E-state index in [9.17, 15) is 4.79 Å². The summed E-state index contributed by atoms with van der Waals surface area (Å²) in [6.45, 7) is 6.42. The van der Waals surface area contributed by atoms with Gasteiger partial charge in [0.1, 0.15) is 5.56 Å². The lowest BCUT2D eigenvalue weighted by molar-refractivity contribution is 0.102. The van der Waals surface area contributed by atoms with Crippen LogP contribution in [0.4, 0.5) is 11.4 Å². The average Bonchev–Trinajstić information content (AvgIpc) is 3.10. The van der Waals surface area contributed by atoms with Crippen molar-refractivity contribution in [2.45, 2.75) is 33.1 Å². The maximum absolute atomic E-state index is 12.7. The Morgan fingerprint density at radius 2 is 1.92 bits per heavy atom. The number of hydrogen-bond donors (Lipinski definition) is 1. The Labute approximate surface area is 152 Å². The molecule has 0 aliphatic carbocycles. The number of fused-ring (bicyclic) bond motifs is 1. The summed E-state index contributed by atoms with van der Waals surface area (Å²) in [6, 6.07) is 5.91. The molecule has 3 heterocycles. The van der Waals surface area contributed by atoms with Crippen molar-refractivity contribution in [3.63, 3.8) is 0 Å². The zero-order valence-electron chi connectivity index (χ0n) is 15.2. The highest BCUT2D eigenvalue weighted by Gasteiger charge is 2.18. The molecule has 4 rings (SSSR count). The van der Waals surface area contributed by atoms with Gasteiger partial charge in [-0.15, -0.1) is 0 Å². The standard InChI is InChI=1S/C20H23N5O/c1-14-15(2)18(24-10-4-3-5-11-24)8-7-17(14)23-20(26)16-13-22-25-12-6-9-21-19(16)25/h6-9,12-13H,3-5,10-11H2,1-2H3,(H,23,26).